The lowest BCUT2D eigenvalue weighted by molar-refractivity contribution is -0.126. The summed E-state index contributed by atoms with van der Waals surface area (Å²) in [6.07, 6.45) is 9.87. The Balaban J connectivity index is 0.000000724. The average molecular weight is 448 g/mol. The van der Waals surface area contributed by atoms with Crippen LogP contribution in [-0.2, 0) is 9.59 Å². The molecule has 170 valence electrons. The van der Waals surface area contributed by atoms with Gasteiger partial charge in [-0.15, -0.1) is 5.10 Å². The van der Waals surface area contributed by atoms with Gasteiger partial charge >= 0.3 is 0 Å². The van der Waals surface area contributed by atoms with Gasteiger partial charge < -0.3 is 10.1 Å². The molecule has 4 heterocycles. The molecular weight excluding hydrogens is 424 g/mol. The van der Waals surface area contributed by atoms with E-state index in [2.05, 4.69) is 48.9 Å². The number of nitrogens with zero attached hydrogens (tertiary/aromatic N) is 6. The Morgan fingerprint density at radius 1 is 1.18 bits per heavy atom. The molecule has 3 N–H and O–H groups in total. The van der Waals surface area contributed by atoms with Gasteiger partial charge in [-0.1, -0.05) is 30.2 Å². The topological polar surface area (TPSA) is 142 Å². The quantitative estimate of drug-likeness (QED) is 0.404. The van der Waals surface area contributed by atoms with Crippen LogP contribution in [0.3, 0.4) is 0 Å². The molecule has 3 aromatic heterocycles. The predicted molar refractivity (Wildman–Crippen MR) is 121 cm³/mol. The zero-order chi connectivity index (χ0) is 22.8. The van der Waals surface area contributed by atoms with Crippen molar-refractivity contribution < 1.29 is 14.7 Å². The lowest BCUT2D eigenvalue weighted by Crippen LogP contribution is -2.31. The van der Waals surface area contributed by atoms with Crippen LogP contribution in [0.15, 0.2) is 30.7 Å². The van der Waals surface area contributed by atoms with Crippen molar-refractivity contribution in [2.45, 2.75) is 44.6 Å². The molecule has 1 saturated heterocycles. The first-order valence-electron chi connectivity index (χ1n) is 11.0. The van der Waals surface area contributed by atoms with Crippen LogP contribution in [0.4, 0.5) is 5.82 Å². The zero-order valence-electron chi connectivity index (χ0n) is 17.9. The summed E-state index contributed by atoms with van der Waals surface area (Å²) in [5.74, 6) is 0.732. The number of nitrogens with one attached hydrogen (secondary N) is 2. The van der Waals surface area contributed by atoms with E-state index in [1.165, 1.54) is 32.0 Å². The molecule has 2 fully saturated rings. The molecule has 1 aliphatic heterocycles. The van der Waals surface area contributed by atoms with Crippen molar-refractivity contribution in [3.8, 4) is 11.3 Å². The number of carbonyl (C=O) groups excluding carboxylic acids is 1. The van der Waals surface area contributed by atoms with Crippen molar-refractivity contribution in [3.63, 3.8) is 0 Å². The highest BCUT2D eigenvalue weighted by atomic mass is 16.3. The minimum atomic E-state index is -0.250. The summed E-state index contributed by atoms with van der Waals surface area (Å²) in [5.41, 5.74) is 6.75. The molecule has 33 heavy (non-hydrogen) atoms. The molecule has 0 bridgehead atoms. The molecule has 0 radical (unpaired) electrons. The summed E-state index contributed by atoms with van der Waals surface area (Å²) >= 11 is 0. The minimum Gasteiger partial charge on any atom is -0.483 e. The first-order chi connectivity index (χ1) is 16.2. The fourth-order valence-corrected chi connectivity index (χ4v) is 4.62. The number of carbonyl (C=O) groups is 2. The van der Waals surface area contributed by atoms with Crippen molar-refractivity contribution in [1.82, 2.24) is 35.0 Å². The van der Waals surface area contributed by atoms with E-state index < -0.39 is 0 Å². The van der Waals surface area contributed by atoms with E-state index in [0.717, 1.165) is 39.6 Å². The molecule has 1 aliphatic carbocycles. The van der Waals surface area contributed by atoms with E-state index in [0.29, 0.717) is 24.8 Å². The van der Waals surface area contributed by atoms with Crippen molar-refractivity contribution in [1.29, 1.82) is 0 Å². The molecule has 1 aromatic carbocycles. The average Bonchev–Trinajstić information content (AvgIpc) is 3.61. The van der Waals surface area contributed by atoms with Crippen LogP contribution in [0.5, 0.6) is 0 Å². The third-order valence-corrected chi connectivity index (χ3v) is 6.21. The number of anilines is 1. The molecule has 11 heteroatoms. The van der Waals surface area contributed by atoms with Gasteiger partial charge in [0.25, 0.3) is 6.47 Å². The molecular formula is C22H24N8O3. The molecule has 1 saturated carbocycles. The van der Waals surface area contributed by atoms with Crippen LogP contribution in [-0.4, -0.2) is 59.0 Å². The predicted octanol–water partition coefficient (Wildman–Crippen LogP) is 3.13. The number of aromatic amines is 1. The van der Waals surface area contributed by atoms with Crippen molar-refractivity contribution in [3.05, 3.63) is 30.7 Å². The van der Waals surface area contributed by atoms with Gasteiger partial charge in [0, 0.05) is 29.4 Å². The smallest absolute Gasteiger partial charge is 0.290 e. The van der Waals surface area contributed by atoms with E-state index in [1.807, 2.05) is 10.9 Å². The number of carboxylic acid groups (broad SMARTS) is 1. The van der Waals surface area contributed by atoms with E-state index in [4.69, 9.17) is 9.90 Å². The summed E-state index contributed by atoms with van der Waals surface area (Å²) in [4.78, 5) is 32.5. The van der Waals surface area contributed by atoms with Gasteiger partial charge in [-0.2, -0.15) is 0 Å². The molecule has 1 amide bonds. The van der Waals surface area contributed by atoms with Crippen LogP contribution in [0.25, 0.3) is 33.2 Å². The van der Waals surface area contributed by atoms with Gasteiger partial charge in [0.05, 0.1) is 17.6 Å². The number of aromatic nitrogens is 6. The summed E-state index contributed by atoms with van der Waals surface area (Å²) in [5, 5.41) is 19.2. The Morgan fingerprint density at radius 3 is 2.76 bits per heavy atom. The molecule has 0 spiro atoms. The highest BCUT2D eigenvalue weighted by Crippen LogP contribution is 2.33. The molecule has 0 unspecified atom stereocenters. The number of rotatable bonds is 4. The molecule has 4 aromatic rings. The van der Waals surface area contributed by atoms with Gasteiger partial charge in [-0.05, 0) is 25.3 Å². The Labute approximate surface area is 188 Å². The monoisotopic (exact) mass is 448 g/mol. The number of hydrogen-bond donors (Lipinski definition) is 3. The van der Waals surface area contributed by atoms with E-state index >= 15 is 0 Å². The number of amides is 1. The lowest BCUT2D eigenvalue weighted by Gasteiger charge is -2.17. The SMILES string of the molecule is O=C1CCCN1Nc1ncnc2[nH]c3cc(-c4cn(C5CCCC5)nn4)ccc3c12.O=CO. The Kier molecular flexibility index (Phi) is 5.59. The third kappa shape index (κ3) is 3.97. The maximum Gasteiger partial charge on any atom is 0.290 e. The van der Waals surface area contributed by atoms with E-state index in [9.17, 15) is 4.79 Å². The summed E-state index contributed by atoms with van der Waals surface area (Å²) < 4.78 is 2.01. The highest BCUT2D eigenvalue weighted by molar-refractivity contribution is 6.11. The molecule has 6 rings (SSSR count). The second-order valence-electron chi connectivity index (χ2n) is 8.22. The normalized spacial score (nSPS) is 16.4. The number of H-pyrrole nitrogens is 1. The van der Waals surface area contributed by atoms with E-state index in [1.54, 1.807) is 5.01 Å². The minimum absolute atomic E-state index is 0.0919. The number of benzene rings is 1. The first-order valence-corrected chi connectivity index (χ1v) is 11.0. The maximum absolute atomic E-state index is 12.0. The van der Waals surface area contributed by atoms with Gasteiger partial charge in [-0.25, -0.2) is 14.6 Å². The molecule has 2 aliphatic rings. The first kappa shape index (κ1) is 20.9. The van der Waals surface area contributed by atoms with Gasteiger partial charge in [0.15, 0.2) is 5.82 Å². The summed E-state index contributed by atoms with van der Waals surface area (Å²) in [7, 11) is 0. The van der Waals surface area contributed by atoms with Gasteiger partial charge in [-0.3, -0.25) is 20.0 Å². The summed E-state index contributed by atoms with van der Waals surface area (Å²) in [6.45, 7) is 0.438. The number of fused-ring (bicyclic) bond motifs is 3. The Bertz CT molecular complexity index is 1310. The number of hydrogen-bond acceptors (Lipinski definition) is 7. The standard InChI is InChI=1S/C21H22N8O.CH2O2/c30-18-6-3-9-28(18)26-21-19-15-8-7-13(10-16(15)24-20(19)22-12-23-21)17-11-29(27-25-17)14-4-1-2-5-14;2-1-3/h7-8,10-12,14H,1-6,9H2,(H2,22,23,24,26);1H,(H,2,3). The zero-order valence-corrected chi connectivity index (χ0v) is 17.9. The Hall–Kier alpha value is -4.02. The van der Waals surface area contributed by atoms with Crippen molar-refractivity contribution >= 4 is 40.1 Å². The molecule has 11 nitrogen and oxygen atoms in total. The fourth-order valence-electron chi connectivity index (χ4n) is 4.62. The van der Waals surface area contributed by atoms with Crippen LogP contribution in [0, 0.1) is 0 Å². The van der Waals surface area contributed by atoms with Crippen LogP contribution in [0.1, 0.15) is 44.6 Å². The summed E-state index contributed by atoms with van der Waals surface area (Å²) in [6, 6.07) is 6.65. The second kappa shape index (κ2) is 8.85. The second-order valence-corrected chi connectivity index (χ2v) is 8.22. The van der Waals surface area contributed by atoms with Gasteiger partial charge in [0.1, 0.15) is 17.7 Å². The van der Waals surface area contributed by atoms with Crippen LogP contribution < -0.4 is 5.43 Å². The van der Waals surface area contributed by atoms with Crippen LogP contribution in [0.2, 0.25) is 0 Å². The van der Waals surface area contributed by atoms with E-state index in [-0.39, 0.29) is 12.4 Å². The largest absolute Gasteiger partial charge is 0.483 e. The number of hydrazine groups is 1. The van der Waals surface area contributed by atoms with Crippen molar-refractivity contribution in [2.75, 3.05) is 12.0 Å². The van der Waals surface area contributed by atoms with Gasteiger partial charge in [0.2, 0.25) is 5.91 Å². The maximum atomic E-state index is 12.0. The third-order valence-electron chi connectivity index (χ3n) is 6.21. The van der Waals surface area contributed by atoms with Crippen molar-refractivity contribution in [2.24, 2.45) is 0 Å². The highest BCUT2D eigenvalue weighted by Gasteiger charge is 2.23. The fraction of sp³-hybridized carbons (Fsp3) is 0.364. The Morgan fingerprint density at radius 2 is 2.00 bits per heavy atom. The molecule has 0 atom stereocenters. The van der Waals surface area contributed by atoms with Crippen LogP contribution >= 0.6 is 0 Å². The lowest BCUT2D eigenvalue weighted by atomic mass is 10.1.